The van der Waals surface area contributed by atoms with Crippen molar-refractivity contribution in [2.24, 2.45) is 5.10 Å². The smallest absolute Gasteiger partial charge is 0.345 e. The van der Waals surface area contributed by atoms with Crippen LogP contribution in [0.1, 0.15) is 40.1 Å². The zero-order valence-corrected chi connectivity index (χ0v) is 21.9. The first-order valence-corrected chi connectivity index (χ1v) is 13.0. The van der Waals surface area contributed by atoms with Crippen molar-refractivity contribution in [1.29, 1.82) is 0 Å². The van der Waals surface area contributed by atoms with Crippen molar-refractivity contribution < 1.29 is 27.5 Å². The van der Waals surface area contributed by atoms with Crippen LogP contribution in [0.25, 0.3) is 0 Å². The second-order valence-electron chi connectivity index (χ2n) is 7.47. The van der Waals surface area contributed by atoms with Crippen LogP contribution in [0.3, 0.4) is 0 Å². The Labute approximate surface area is 219 Å². The number of hydrogen-bond donors (Lipinski definition) is 1. The molecule has 3 aromatic rings. The number of carbonyl (C=O) groups is 2. The molecular formula is C25H25ClN4O6S. The molecule has 0 bridgehead atoms. The number of carbonyl (C=O) groups excluding carboxylic acids is 2. The number of rotatable bonds is 10. The second kappa shape index (κ2) is 12.4. The SMILES string of the molecule is CCN(CC)S(=O)(=O)c1ccc(Cl)c(C(=O)Oc2ccc(/C=N\NC(=O)c3cccnc3)cc2OC)c1. The van der Waals surface area contributed by atoms with Crippen LogP contribution in [-0.4, -0.2) is 56.0 Å². The lowest BCUT2D eigenvalue weighted by Crippen LogP contribution is -2.30. The molecular weight excluding hydrogens is 520 g/mol. The maximum Gasteiger partial charge on any atom is 0.345 e. The zero-order valence-electron chi connectivity index (χ0n) is 20.3. The minimum absolute atomic E-state index is 0.0376. The number of aromatic nitrogens is 1. The molecule has 0 fully saturated rings. The number of hydrazone groups is 1. The van der Waals surface area contributed by atoms with E-state index in [1.165, 1.54) is 48.1 Å². The summed E-state index contributed by atoms with van der Waals surface area (Å²) in [6.45, 7) is 4.01. The average Bonchev–Trinajstić information content (AvgIpc) is 2.90. The predicted molar refractivity (Wildman–Crippen MR) is 139 cm³/mol. The van der Waals surface area contributed by atoms with Gasteiger partial charge in [0.15, 0.2) is 11.5 Å². The number of halogens is 1. The molecule has 3 rings (SSSR count). The number of sulfonamides is 1. The van der Waals surface area contributed by atoms with Gasteiger partial charge in [-0.25, -0.2) is 18.6 Å². The van der Waals surface area contributed by atoms with Crippen LogP contribution in [-0.2, 0) is 10.0 Å². The molecule has 1 amide bonds. The highest BCUT2D eigenvalue weighted by Gasteiger charge is 2.25. The van der Waals surface area contributed by atoms with E-state index in [1.54, 1.807) is 44.3 Å². The van der Waals surface area contributed by atoms with Crippen molar-refractivity contribution >= 4 is 39.7 Å². The summed E-state index contributed by atoms with van der Waals surface area (Å²) in [7, 11) is -2.41. The van der Waals surface area contributed by atoms with Gasteiger partial charge in [0.1, 0.15) is 0 Å². The normalized spacial score (nSPS) is 11.5. The fraction of sp³-hybridized carbons (Fsp3) is 0.200. The van der Waals surface area contributed by atoms with Gasteiger partial charge in [-0.1, -0.05) is 25.4 Å². The zero-order chi connectivity index (χ0) is 27.0. The van der Waals surface area contributed by atoms with Gasteiger partial charge in [0.2, 0.25) is 10.0 Å². The van der Waals surface area contributed by atoms with Crippen LogP contribution in [0.4, 0.5) is 0 Å². The summed E-state index contributed by atoms with van der Waals surface area (Å²) in [5, 5.41) is 3.95. The molecule has 0 saturated carbocycles. The Kier molecular flexibility index (Phi) is 9.34. The van der Waals surface area contributed by atoms with E-state index in [4.69, 9.17) is 21.1 Å². The summed E-state index contributed by atoms with van der Waals surface area (Å²) in [6, 6.07) is 11.7. The highest BCUT2D eigenvalue weighted by Crippen LogP contribution is 2.30. The van der Waals surface area contributed by atoms with E-state index in [-0.39, 0.29) is 40.1 Å². The maximum absolute atomic E-state index is 12.9. The Balaban J connectivity index is 1.78. The summed E-state index contributed by atoms with van der Waals surface area (Å²) in [4.78, 5) is 28.8. The Morgan fingerprint density at radius 2 is 1.86 bits per heavy atom. The van der Waals surface area contributed by atoms with Crippen LogP contribution < -0.4 is 14.9 Å². The molecule has 1 aromatic heterocycles. The van der Waals surface area contributed by atoms with Crippen LogP contribution >= 0.6 is 11.6 Å². The van der Waals surface area contributed by atoms with E-state index in [0.717, 1.165) is 0 Å². The fourth-order valence-electron chi connectivity index (χ4n) is 3.26. The molecule has 37 heavy (non-hydrogen) atoms. The van der Waals surface area contributed by atoms with Crippen molar-refractivity contribution in [3.05, 3.63) is 82.6 Å². The van der Waals surface area contributed by atoms with Crippen LogP contribution in [0.2, 0.25) is 5.02 Å². The van der Waals surface area contributed by atoms with Gasteiger partial charge >= 0.3 is 5.97 Å². The number of benzene rings is 2. The standard InChI is InChI=1S/C25H25ClN4O6S/c1-4-30(5-2)37(33,34)19-9-10-21(26)20(14-19)25(32)36-22-11-8-17(13-23(22)35-3)15-28-29-24(31)18-7-6-12-27-16-18/h6-16H,4-5H2,1-3H3,(H,29,31)/b28-15-. The number of nitrogens with one attached hydrogen (secondary N) is 1. The molecule has 2 aromatic carbocycles. The Morgan fingerprint density at radius 1 is 1.11 bits per heavy atom. The van der Waals surface area contributed by atoms with Crippen molar-refractivity contribution in [3.8, 4) is 11.5 Å². The lowest BCUT2D eigenvalue weighted by molar-refractivity contribution is 0.0729. The van der Waals surface area contributed by atoms with Gasteiger partial charge in [-0.2, -0.15) is 9.41 Å². The van der Waals surface area contributed by atoms with E-state index in [9.17, 15) is 18.0 Å². The van der Waals surface area contributed by atoms with E-state index >= 15 is 0 Å². The molecule has 12 heteroatoms. The number of esters is 1. The van der Waals surface area contributed by atoms with Gasteiger partial charge < -0.3 is 9.47 Å². The molecule has 0 spiro atoms. The molecule has 0 aliphatic rings. The largest absolute Gasteiger partial charge is 0.493 e. The van der Waals surface area contributed by atoms with Crippen molar-refractivity contribution in [2.75, 3.05) is 20.2 Å². The van der Waals surface area contributed by atoms with Crippen molar-refractivity contribution in [3.63, 3.8) is 0 Å². The first-order valence-electron chi connectivity index (χ1n) is 11.1. The van der Waals surface area contributed by atoms with Crippen LogP contribution in [0.15, 0.2) is 70.9 Å². The van der Waals surface area contributed by atoms with E-state index in [0.29, 0.717) is 11.1 Å². The molecule has 10 nitrogen and oxygen atoms in total. The molecule has 0 atom stereocenters. The average molecular weight is 545 g/mol. The topological polar surface area (TPSA) is 127 Å². The third kappa shape index (κ3) is 6.70. The van der Waals surface area contributed by atoms with E-state index in [2.05, 4.69) is 15.5 Å². The van der Waals surface area contributed by atoms with E-state index < -0.39 is 21.9 Å². The van der Waals surface area contributed by atoms with Crippen LogP contribution in [0, 0.1) is 0 Å². The first kappa shape index (κ1) is 27.8. The molecule has 0 saturated heterocycles. The van der Waals surface area contributed by atoms with Crippen molar-refractivity contribution in [1.82, 2.24) is 14.7 Å². The van der Waals surface area contributed by atoms with Gasteiger partial charge in [0.05, 0.1) is 34.4 Å². The molecule has 0 unspecified atom stereocenters. The van der Waals surface area contributed by atoms with Gasteiger partial charge in [-0.15, -0.1) is 0 Å². The van der Waals surface area contributed by atoms with Gasteiger partial charge in [-0.3, -0.25) is 9.78 Å². The Hall–Kier alpha value is -3.80. The summed E-state index contributed by atoms with van der Waals surface area (Å²) < 4.78 is 37.8. The van der Waals surface area contributed by atoms with Gasteiger partial charge in [0, 0.05) is 25.5 Å². The summed E-state index contributed by atoms with van der Waals surface area (Å²) >= 11 is 6.18. The molecule has 194 valence electrons. The molecule has 1 N–H and O–H groups in total. The summed E-state index contributed by atoms with van der Waals surface area (Å²) in [6.07, 6.45) is 4.36. The van der Waals surface area contributed by atoms with Crippen LogP contribution in [0.5, 0.6) is 11.5 Å². The molecule has 0 radical (unpaired) electrons. The summed E-state index contributed by atoms with van der Waals surface area (Å²) in [5.41, 5.74) is 3.18. The maximum atomic E-state index is 12.9. The second-order valence-corrected chi connectivity index (χ2v) is 9.82. The predicted octanol–water partition coefficient (Wildman–Crippen LogP) is 3.76. The number of amides is 1. The number of pyridine rings is 1. The third-order valence-corrected chi connectivity index (χ3v) is 7.57. The van der Waals surface area contributed by atoms with Gasteiger partial charge in [-0.05, 0) is 54.1 Å². The Bertz CT molecular complexity index is 1410. The quantitative estimate of drug-likeness (QED) is 0.178. The number of nitrogens with zero attached hydrogens (tertiary/aromatic N) is 3. The lowest BCUT2D eigenvalue weighted by Gasteiger charge is -2.19. The molecule has 1 heterocycles. The first-order chi connectivity index (χ1) is 17.7. The Morgan fingerprint density at radius 3 is 2.51 bits per heavy atom. The number of hydrogen-bond acceptors (Lipinski definition) is 8. The highest BCUT2D eigenvalue weighted by atomic mass is 35.5. The number of ether oxygens (including phenoxy) is 2. The van der Waals surface area contributed by atoms with Gasteiger partial charge in [0.25, 0.3) is 5.91 Å². The minimum Gasteiger partial charge on any atom is -0.493 e. The third-order valence-electron chi connectivity index (χ3n) is 5.19. The monoisotopic (exact) mass is 544 g/mol. The summed E-state index contributed by atoms with van der Waals surface area (Å²) in [5.74, 6) is -0.995. The fourth-order valence-corrected chi connectivity index (χ4v) is 4.94. The molecule has 0 aliphatic carbocycles. The lowest BCUT2D eigenvalue weighted by atomic mass is 10.2. The number of methoxy groups -OCH3 is 1. The van der Waals surface area contributed by atoms with E-state index in [1.807, 2.05) is 0 Å². The highest BCUT2D eigenvalue weighted by molar-refractivity contribution is 7.89. The minimum atomic E-state index is -3.80. The van der Waals surface area contributed by atoms with Crippen molar-refractivity contribution in [2.45, 2.75) is 18.7 Å². The molecule has 0 aliphatic heterocycles.